The maximum atomic E-state index is 12.7. The summed E-state index contributed by atoms with van der Waals surface area (Å²) in [5.41, 5.74) is 0. The van der Waals surface area contributed by atoms with E-state index >= 15 is 0 Å². The highest BCUT2D eigenvalue weighted by Crippen LogP contribution is 2.27. The minimum atomic E-state index is -3.31. The van der Waals surface area contributed by atoms with Crippen LogP contribution >= 0.6 is 0 Å². The minimum Gasteiger partial charge on any atom is -0.314 e. The molecule has 118 valence electrons. The van der Waals surface area contributed by atoms with Crippen LogP contribution in [0.2, 0.25) is 0 Å². The highest BCUT2D eigenvalue weighted by atomic mass is 32.2. The van der Waals surface area contributed by atoms with Gasteiger partial charge in [-0.3, -0.25) is 0 Å². The molecule has 6 heteroatoms. The molecular formula is C14H29N3O2S. The van der Waals surface area contributed by atoms with Gasteiger partial charge in [0.05, 0.1) is 0 Å². The van der Waals surface area contributed by atoms with Crippen molar-refractivity contribution in [3.8, 4) is 0 Å². The second-order valence-electron chi connectivity index (χ2n) is 6.37. The Labute approximate surface area is 123 Å². The summed E-state index contributed by atoms with van der Waals surface area (Å²) in [7, 11) is -1.60. The van der Waals surface area contributed by atoms with E-state index in [9.17, 15) is 8.42 Å². The van der Waals surface area contributed by atoms with Gasteiger partial charge in [0, 0.05) is 31.7 Å². The monoisotopic (exact) mass is 303 g/mol. The van der Waals surface area contributed by atoms with E-state index in [0.717, 1.165) is 32.2 Å². The third kappa shape index (κ3) is 3.93. The molecule has 0 aromatic rings. The SMILES string of the molecule is CC1CCCC(C)N1S(=O)(=O)N(C)CCCNC1CC1. The number of nitrogens with one attached hydrogen (secondary N) is 1. The van der Waals surface area contributed by atoms with Crippen molar-refractivity contribution in [1.29, 1.82) is 0 Å². The number of piperidine rings is 1. The molecule has 1 heterocycles. The number of hydrogen-bond donors (Lipinski definition) is 1. The number of hydrogen-bond acceptors (Lipinski definition) is 3. The third-order valence-electron chi connectivity index (χ3n) is 4.43. The molecule has 0 amide bonds. The molecule has 1 N–H and O–H groups in total. The summed E-state index contributed by atoms with van der Waals surface area (Å²) in [4.78, 5) is 0. The summed E-state index contributed by atoms with van der Waals surface area (Å²) in [5.74, 6) is 0. The summed E-state index contributed by atoms with van der Waals surface area (Å²) < 4.78 is 28.6. The molecule has 2 unspecified atom stereocenters. The van der Waals surface area contributed by atoms with Crippen LogP contribution < -0.4 is 5.32 Å². The predicted molar refractivity (Wildman–Crippen MR) is 81.8 cm³/mol. The Morgan fingerprint density at radius 1 is 1.15 bits per heavy atom. The Morgan fingerprint density at radius 3 is 2.30 bits per heavy atom. The number of nitrogens with zero attached hydrogens (tertiary/aromatic N) is 2. The lowest BCUT2D eigenvalue weighted by molar-refractivity contribution is 0.191. The molecule has 2 atom stereocenters. The van der Waals surface area contributed by atoms with Gasteiger partial charge < -0.3 is 5.32 Å². The van der Waals surface area contributed by atoms with E-state index in [1.165, 1.54) is 17.1 Å². The van der Waals surface area contributed by atoms with Gasteiger partial charge in [0.25, 0.3) is 10.2 Å². The molecule has 1 saturated heterocycles. The molecule has 0 radical (unpaired) electrons. The van der Waals surface area contributed by atoms with Crippen molar-refractivity contribution < 1.29 is 8.42 Å². The lowest BCUT2D eigenvalue weighted by Gasteiger charge is -2.39. The van der Waals surface area contributed by atoms with Crippen molar-refractivity contribution in [2.45, 2.75) is 70.5 Å². The first kappa shape index (κ1) is 16.2. The van der Waals surface area contributed by atoms with Gasteiger partial charge in [-0.2, -0.15) is 17.0 Å². The normalized spacial score (nSPS) is 29.0. The maximum Gasteiger partial charge on any atom is 0.282 e. The Morgan fingerprint density at radius 2 is 1.75 bits per heavy atom. The first-order valence-corrected chi connectivity index (χ1v) is 9.31. The molecule has 1 aliphatic carbocycles. The van der Waals surface area contributed by atoms with Gasteiger partial charge in [-0.15, -0.1) is 0 Å². The molecule has 0 spiro atoms. The topological polar surface area (TPSA) is 52.7 Å². The number of rotatable bonds is 7. The first-order valence-electron chi connectivity index (χ1n) is 7.91. The van der Waals surface area contributed by atoms with Crippen LogP contribution in [0.5, 0.6) is 0 Å². The molecule has 0 aromatic carbocycles. The minimum absolute atomic E-state index is 0.121. The van der Waals surface area contributed by atoms with Gasteiger partial charge >= 0.3 is 0 Å². The zero-order valence-corrected chi connectivity index (χ0v) is 13.8. The summed E-state index contributed by atoms with van der Waals surface area (Å²) >= 11 is 0. The van der Waals surface area contributed by atoms with Crippen LogP contribution in [0.15, 0.2) is 0 Å². The van der Waals surface area contributed by atoms with E-state index in [-0.39, 0.29) is 12.1 Å². The highest BCUT2D eigenvalue weighted by molar-refractivity contribution is 7.86. The Balaban J connectivity index is 1.86. The highest BCUT2D eigenvalue weighted by Gasteiger charge is 2.36. The molecule has 1 aliphatic heterocycles. The van der Waals surface area contributed by atoms with Crippen molar-refractivity contribution >= 4 is 10.2 Å². The average molecular weight is 303 g/mol. The maximum absolute atomic E-state index is 12.7. The second-order valence-corrected chi connectivity index (χ2v) is 8.31. The average Bonchev–Trinajstić information content (AvgIpc) is 3.17. The first-order chi connectivity index (χ1) is 9.43. The van der Waals surface area contributed by atoms with Crippen LogP contribution in [0.4, 0.5) is 0 Å². The van der Waals surface area contributed by atoms with Crippen molar-refractivity contribution in [1.82, 2.24) is 13.9 Å². The quantitative estimate of drug-likeness (QED) is 0.726. The van der Waals surface area contributed by atoms with Gasteiger partial charge in [0.1, 0.15) is 0 Å². The van der Waals surface area contributed by atoms with Gasteiger partial charge in [0.15, 0.2) is 0 Å². The molecule has 2 fully saturated rings. The van der Waals surface area contributed by atoms with Crippen LogP contribution in [0.25, 0.3) is 0 Å². The Hall–Kier alpha value is -0.170. The zero-order valence-electron chi connectivity index (χ0n) is 13.0. The van der Waals surface area contributed by atoms with Crippen molar-refractivity contribution in [3.05, 3.63) is 0 Å². The summed E-state index contributed by atoms with van der Waals surface area (Å²) in [5, 5.41) is 3.43. The third-order valence-corrected chi connectivity index (χ3v) is 6.66. The summed E-state index contributed by atoms with van der Waals surface area (Å²) in [6.07, 6.45) is 6.50. The van der Waals surface area contributed by atoms with Crippen LogP contribution in [0.3, 0.4) is 0 Å². The molecule has 20 heavy (non-hydrogen) atoms. The fourth-order valence-electron chi connectivity index (χ4n) is 3.02. The largest absolute Gasteiger partial charge is 0.314 e. The van der Waals surface area contributed by atoms with E-state index in [1.54, 1.807) is 11.4 Å². The predicted octanol–water partition coefficient (Wildman–Crippen LogP) is 1.57. The lowest BCUT2D eigenvalue weighted by atomic mass is 10.0. The molecular weight excluding hydrogens is 274 g/mol. The Bertz CT molecular complexity index is 399. The Kier molecular flexibility index (Phi) is 5.45. The lowest BCUT2D eigenvalue weighted by Crippen LogP contribution is -2.52. The van der Waals surface area contributed by atoms with E-state index in [0.29, 0.717) is 12.6 Å². The zero-order chi connectivity index (χ0) is 14.8. The smallest absolute Gasteiger partial charge is 0.282 e. The summed E-state index contributed by atoms with van der Waals surface area (Å²) in [6, 6.07) is 0.936. The molecule has 0 aromatic heterocycles. The van der Waals surface area contributed by atoms with Crippen molar-refractivity contribution in [2.75, 3.05) is 20.1 Å². The summed E-state index contributed by atoms with van der Waals surface area (Å²) in [6.45, 7) is 5.55. The van der Waals surface area contributed by atoms with E-state index in [1.807, 2.05) is 13.8 Å². The molecule has 2 rings (SSSR count). The molecule has 2 aliphatic rings. The molecule has 5 nitrogen and oxygen atoms in total. The second kappa shape index (κ2) is 6.73. The van der Waals surface area contributed by atoms with Crippen LogP contribution in [-0.2, 0) is 10.2 Å². The van der Waals surface area contributed by atoms with Crippen molar-refractivity contribution in [2.24, 2.45) is 0 Å². The van der Waals surface area contributed by atoms with E-state index < -0.39 is 10.2 Å². The van der Waals surface area contributed by atoms with Gasteiger partial charge in [0.2, 0.25) is 0 Å². The van der Waals surface area contributed by atoms with E-state index in [2.05, 4.69) is 5.32 Å². The van der Waals surface area contributed by atoms with Crippen molar-refractivity contribution in [3.63, 3.8) is 0 Å². The standard InChI is InChI=1S/C14H29N3O2S/c1-12-6-4-7-13(2)17(12)20(18,19)16(3)11-5-10-15-14-8-9-14/h12-15H,4-11H2,1-3H3. The molecule has 0 bridgehead atoms. The fourth-order valence-corrected chi connectivity index (χ4v) is 4.83. The van der Waals surface area contributed by atoms with Gasteiger partial charge in [-0.25, -0.2) is 0 Å². The van der Waals surface area contributed by atoms with E-state index in [4.69, 9.17) is 0 Å². The fraction of sp³-hybridized carbons (Fsp3) is 1.00. The van der Waals surface area contributed by atoms with Crippen LogP contribution in [0.1, 0.15) is 52.4 Å². The van der Waals surface area contributed by atoms with Gasteiger partial charge in [-0.05, 0) is 52.5 Å². The molecule has 1 saturated carbocycles. The van der Waals surface area contributed by atoms with Crippen LogP contribution in [-0.4, -0.2) is 55.3 Å². The van der Waals surface area contributed by atoms with Gasteiger partial charge in [-0.1, -0.05) is 6.42 Å². The van der Waals surface area contributed by atoms with Crippen LogP contribution in [0, 0.1) is 0 Å².